The monoisotopic (exact) mass is 286 g/mol. The van der Waals surface area contributed by atoms with Crippen LogP contribution in [0.2, 0.25) is 0 Å². The lowest BCUT2D eigenvalue weighted by Gasteiger charge is -2.05. The molecule has 0 heterocycles. The van der Waals surface area contributed by atoms with Crippen molar-refractivity contribution in [3.63, 3.8) is 0 Å². The first-order valence-corrected chi connectivity index (χ1v) is 8.34. The van der Waals surface area contributed by atoms with Crippen LogP contribution in [0, 0.1) is 5.41 Å². The molecule has 0 bridgehead atoms. The zero-order valence-corrected chi connectivity index (χ0v) is 12.5. The third-order valence-corrected chi connectivity index (χ3v) is 6.77. The van der Waals surface area contributed by atoms with Gasteiger partial charge in [-0.1, -0.05) is 62.4 Å². The molecule has 2 atom stereocenters. The molecule has 0 radical (unpaired) electrons. The van der Waals surface area contributed by atoms with Gasteiger partial charge >= 0.3 is 0 Å². The maximum Gasteiger partial charge on any atom is 0.182 e. The Kier molecular flexibility index (Phi) is 2.98. The molecule has 2 aromatic rings. The molecule has 0 aromatic heterocycles. The van der Waals surface area contributed by atoms with E-state index in [4.69, 9.17) is 0 Å². The van der Waals surface area contributed by atoms with Crippen LogP contribution < -0.4 is 0 Å². The predicted molar refractivity (Wildman–Crippen MR) is 80.4 cm³/mol. The number of sulfone groups is 1. The van der Waals surface area contributed by atoms with Crippen molar-refractivity contribution in [2.24, 2.45) is 5.41 Å². The van der Waals surface area contributed by atoms with Crippen molar-refractivity contribution in [2.45, 2.75) is 29.9 Å². The molecule has 1 saturated carbocycles. The van der Waals surface area contributed by atoms with Gasteiger partial charge in [-0.2, -0.15) is 0 Å². The maximum absolute atomic E-state index is 12.8. The highest BCUT2D eigenvalue weighted by Crippen LogP contribution is 2.63. The first kappa shape index (κ1) is 13.4. The van der Waals surface area contributed by atoms with E-state index in [1.165, 1.54) is 0 Å². The lowest BCUT2D eigenvalue weighted by Crippen LogP contribution is -2.12. The summed E-state index contributed by atoms with van der Waals surface area (Å²) in [5, 5.41) is -0.334. The van der Waals surface area contributed by atoms with E-state index in [9.17, 15) is 8.42 Å². The second-order valence-corrected chi connectivity index (χ2v) is 8.06. The van der Waals surface area contributed by atoms with E-state index in [0.29, 0.717) is 4.90 Å². The third kappa shape index (κ3) is 1.97. The zero-order chi connectivity index (χ0) is 14.4. The second kappa shape index (κ2) is 4.45. The van der Waals surface area contributed by atoms with Crippen LogP contribution in [-0.4, -0.2) is 13.7 Å². The number of hydrogen-bond donors (Lipinski definition) is 0. The fourth-order valence-electron chi connectivity index (χ4n) is 3.19. The molecule has 1 fully saturated rings. The summed E-state index contributed by atoms with van der Waals surface area (Å²) in [6.07, 6.45) is 0. The largest absolute Gasteiger partial charge is 0.223 e. The Bertz CT molecular complexity index is 703. The van der Waals surface area contributed by atoms with Gasteiger partial charge in [-0.3, -0.25) is 0 Å². The molecule has 0 N–H and O–H groups in total. The molecule has 3 rings (SSSR count). The Morgan fingerprint density at radius 3 is 1.90 bits per heavy atom. The van der Waals surface area contributed by atoms with Gasteiger partial charge in [0.05, 0.1) is 10.1 Å². The van der Waals surface area contributed by atoms with Crippen molar-refractivity contribution in [3.05, 3.63) is 66.2 Å². The second-order valence-electron chi connectivity index (χ2n) is 5.99. The van der Waals surface area contributed by atoms with Gasteiger partial charge in [0.25, 0.3) is 0 Å². The Morgan fingerprint density at radius 2 is 1.35 bits per heavy atom. The summed E-state index contributed by atoms with van der Waals surface area (Å²) in [7, 11) is -3.27. The third-order valence-electron chi connectivity index (χ3n) is 4.29. The Hall–Kier alpha value is -1.61. The van der Waals surface area contributed by atoms with Crippen LogP contribution in [0.3, 0.4) is 0 Å². The molecule has 2 aromatic carbocycles. The summed E-state index contributed by atoms with van der Waals surface area (Å²) in [5.41, 5.74) is 0.901. The predicted octanol–water partition coefficient (Wildman–Crippen LogP) is 3.65. The van der Waals surface area contributed by atoms with Crippen LogP contribution in [0.4, 0.5) is 0 Å². The SMILES string of the molecule is CC1(C)[C@H](c2ccccc2)[C@H]1S(=O)(=O)c1ccccc1. The average molecular weight is 286 g/mol. The van der Waals surface area contributed by atoms with Gasteiger partial charge in [0.15, 0.2) is 9.84 Å². The van der Waals surface area contributed by atoms with Gasteiger partial charge in [-0.05, 0) is 23.1 Å². The van der Waals surface area contributed by atoms with E-state index in [1.54, 1.807) is 24.3 Å². The molecule has 2 nitrogen and oxygen atoms in total. The van der Waals surface area contributed by atoms with Gasteiger partial charge in [-0.25, -0.2) is 8.42 Å². The summed E-state index contributed by atoms with van der Waals surface area (Å²) in [6, 6.07) is 18.7. The molecule has 20 heavy (non-hydrogen) atoms. The fourth-order valence-corrected chi connectivity index (χ4v) is 5.76. The maximum atomic E-state index is 12.8. The Labute approximate surface area is 120 Å². The van der Waals surface area contributed by atoms with Crippen molar-refractivity contribution < 1.29 is 8.42 Å². The zero-order valence-electron chi connectivity index (χ0n) is 11.7. The normalized spacial score (nSPS) is 24.3. The molecule has 1 aliphatic rings. The minimum atomic E-state index is -3.27. The molecular weight excluding hydrogens is 268 g/mol. The molecule has 0 amide bonds. The van der Waals surface area contributed by atoms with Crippen molar-refractivity contribution in [2.75, 3.05) is 0 Å². The highest BCUT2D eigenvalue weighted by molar-refractivity contribution is 7.92. The molecule has 0 unspecified atom stereocenters. The fraction of sp³-hybridized carbons (Fsp3) is 0.294. The van der Waals surface area contributed by atoms with Crippen LogP contribution in [-0.2, 0) is 9.84 Å². The van der Waals surface area contributed by atoms with Crippen molar-refractivity contribution in [1.82, 2.24) is 0 Å². The van der Waals surface area contributed by atoms with E-state index in [2.05, 4.69) is 0 Å². The summed E-state index contributed by atoms with van der Waals surface area (Å²) in [5.74, 6) is 0.0777. The van der Waals surface area contributed by atoms with Crippen LogP contribution in [0.5, 0.6) is 0 Å². The molecule has 1 aliphatic carbocycles. The summed E-state index contributed by atoms with van der Waals surface area (Å²) >= 11 is 0. The summed E-state index contributed by atoms with van der Waals surface area (Å²) in [6.45, 7) is 4.08. The average Bonchev–Trinajstić information content (AvgIpc) is 3.04. The van der Waals surface area contributed by atoms with Crippen LogP contribution in [0.25, 0.3) is 0 Å². The van der Waals surface area contributed by atoms with Crippen LogP contribution >= 0.6 is 0 Å². The quantitative estimate of drug-likeness (QED) is 0.863. The smallest absolute Gasteiger partial charge is 0.182 e. The highest BCUT2D eigenvalue weighted by Gasteiger charge is 2.65. The lowest BCUT2D eigenvalue weighted by molar-refractivity contribution is 0.576. The van der Waals surface area contributed by atoms with Crippen LogP contribution in [0.15, 0.2) is 65.6 Å². The topological polar surface area (TPSA) is 34.1 Å². The number of rotatable bonds is 3. The van der Waals surface area contributed by atoms with Gasteiger partial charge in [0.1, 0.15) is 0 Å². The summed E-state index contributed by atoms with van der Waals surface area (Å²) < 4.78 is 25.6. The summed E-state index contributed by atoms with van der Waals surface area (Å²) in [4.78, 5) is 0.427. The van der Waals surface area contributed by atoms with E-state index in [1.807, 2.05) is 50.2 Å². The van der Waals surface area contributed by atoms with E-state index in [-0.39, 0.29) is 16.6 Å². The molecule has 3 heteroatoms. The molecule has 0 saturated heterocycles. The van der Waals surface area contributed by atoms with Gasteiger partial charge < -0.3 is 0 Å². The standard InChI is InChI=1S/C17H18O2S/c1-17(2)15(13-9-5-3-6-10-13)16(17)20(18,19)14-11-7-4-8-12-14/h3-12,15-16H,1-2H3/t15-,16-/m1/s1. The minimum absolute atomic E-state index is 0.0777. The molecule has 0 spiro atoms. The van der Waals surface area contributed by atoms with Crippen LogP contribution in [0.1, 0.15) is 25.3 Å². The van der Waals surface area contributed by atoms with E-state index >= 15 is 0 Å². The van der Waals surface area contributed by atoms with Gasteiger partial charge in [0, 0.05) is 5.92 Å². The molecular formula is C17H18O2S. The van der Waals surface area contributed by atoms with Crippen molar-refractivity contribution >= 4 is 9.84 Å². The first-order valence-electron chi connectivity index (χ1n) is 6.79. The lowest BCUT2D eigenvalue weighted by atomic mass is 10.0. The van der Waals surface area contributed by atoms with Crippen molar-refractivity contribution in [1.29, 1.82) is 0 Å². The Balaban J connectivity index is 2.00. The molecule has 0 aliphatic heterocycles. The van der Waals surface area contributed by atoms with Gasteiger partial charge in [-0.15, -0.1) is 0 Å². The number of hydrogen-bond acceptors (Lipinski definition) is 2. The van der Waals surface area contributed by atoms with Gasteiger partial charge in [0.2, 0.25) is 0 Å². The van der Waals surface area contributed by atoms with Crippen molar-refractivity contribution in [3.8, 4) is 0 Å². The first-order chi connectivity index (χ1) is 9.45. The van der Waals surface area contributed by atoms with E-state index < -0.39 is 9.84 Å². The number of benzene rings is 2. The van der Waals surface area contributed by atoms with E-state index in [0.717, 1.165) is 5.56 Å². The Morgan fingerprint density at radius 1 is 0.850 bits per heavy atom. The molecule has 104 valence electrons. The minimum Gasteiger partial charge on any atom is -0.223 e. The highest BCUT2D eigenvalue weighted by atomic mass is 32.2.